The molecule has 0 saturated carbocycles. The highest BCUT2D eigenvalue weighted by Crippen LogP contribution is 1.92. The summed E-state index contributed by atoms with van der Waals surface area (Å²) in [7, 11) is 0. The first-order valence-electron chi connectivity index (χ1n) is 4.15. The van der Waals surface area contributed by atoms with E-state index in [0.717, 1.165) is 13.0 Å². The van der Waals surface area contributed by atoms with Crippen molar-refractivity contribution in [3.05, 3.63) is 0 Å². The lowest BCUT2D eigenvalue weighted by Crippen LogP contribution is -2.24. The van der Waals surface area contributed by atoms with E-state index in [4.69, 9.17) is 14.6 Å². The maximum atomic E-state index is 8.75. The molecule has 0 amide bonds. The van der Waals surface area contributed by atoms with E-state index in [1.807, 2.05) is 6.92 Å². The van der Waals surface area contributed by atoms with E-state index in [-0.39, 0.29) is 12.7 Å². The predicted octanol–water partition coefficient (Wildman–Crippen LogP) is 0.810. The van der Waals surface area contributed by atoms with Gasteiger partial charge in [0, 0.05) is 13.2 Å². The van der Waals surface area contributed by atoms with Gasteiger partial charge in [-0.3, -0.25) is 0 Å². The van der Waals surface area contributed by atoms with Crippen molar-refractivity contribution in [2.24, 2.45) is 0 Å². The van der Waals surface area contributed by atoms with Gasteiger partial charge in [-0.2, -0.15) is 0 Å². The second kappa shape index (κ2) is 7.98. The van der Waals surface area contributed by atoms with Crippen LogP contribution in [0.2, 0.25) is 0 Å². The van der Waals surface area contributed by atoms with Gasteiger partial charge >= 0.3 is 0 Å². The number of aliphatic hydroxyl groups is 1. The highest BCUT2D eigenvalue weighted by molar-refractivity contribution is 4.52. The summed E-state index contributed by atoms with van der Waals surface area (Å²) in [6, 6.07) is 0. The Morgan fingerprint density at radius 1 is 1.36 bits per heavy atom. The molecule has 68 valence electrons. The van der Waals surface area contributed by atoms with Crippen molar-refractivity contribution in [1.82, 2.24) is 0 Å². The van der Waals surface area contributed by atoms with Gasteiger partial charge in [0.05, 0.1) is 13.2 Å². The number of hydrogen-bond acceptors (Lipinski definition) is 3. The minimum absolute atomic E-state index is 0.0392. The second-order valence-electron chi connectivity index (χ2n) is 2.33. The lowest BCUT2D eigenvalue weighted by molar-refractivity contribution is -0.0377. The van der Waals surface area contributed by atoms with Crippen LogP contribution in [0.1, 0.15) is 20.3 Å². The van der Waals surface area contributed by atoms with Crippen molar-refractivity contribution >= 4 is 0 Å². The van der Waals surface area contributed by atoms with E-state index in [2.05, 4.69) is 6.92 Å². The summed E-state index contributed by atoms with van der Waals surface area (Å²) >= 11 is 0. The van der Waals surface area contributed by atoms with Gasteiger partial charge in [-0.15, -0.1) is 0 Å². The number of rotatable bonds is 7. The van der Waals surface area contributed by atoms with Crippen LogP contribution in [0.4, 0.5) is 0 Å². The first kappa shape index (κ1) is 10.9. The highest BCUT2D eigenvalue weighted by atomic mass is 16.5. The second-order valence-corrected chi connectivity index (χ2v) is 2.33. The van der Waals surface area contributed by atoms with Crippen LogP contribution in [0.15, 0.2) is 0 Å². The van der Waals surface area contributed by atoms with Crippen LogP contribution in [-0.2, 0) is 9.47 Å². The van der Waals surface area contributed by atoms with Gasteiger partial charge in [0.15, 0.2) is 0 Å². The molecule has 1 unspecified atom stereocenters. The molecule has 3 heteroatoms. The van der Waals surface area contributed by atoms with E-state index in [1.54, 1.807) is 0 Å². The molecule has 0 fully saturated rings. The molecule has 0 spiro atoms. The van der Waals surface area contributed by atoms with Gasteiger partial charge in [-0.25, -0.2) is 0 Å². The minimum Gasteiger partial charge on any atom is -0.394 e. The molecule has 0 aliphatic rings. The Morgan fingerprint density at radius 2 is 2.09 bits per heavy atom. The summed E-state index contributed by atoms with van der Waals surface area (Å²) in [5.74, 6) is 0. The molecule has 3 nitrogen and oxygen atoms in total. The Kier molecular flexibility index (Phi) is 7.89. The number of ether oxygens (including phenoxy) is 2. The maximum Gasteiger partial charge on any atom is 0.104 e. The third-order valence-electron chi connectivity index (χ3n) is 1.26. The summed E-state index contributed by atoms with van der Waals surface area (Å²) in [6.07, 6.45) is 0.858. The van der Waals surface area contributed by atoms with E-state index in [1.165, 1.54) is 0 Å². The fraction of sp³-hybridized carbons (Fsp3) is 1.00. The summed E-state index contributed by atoms with van der Waals surface area (Å²) in [4.78, 5) is 0. The van der Waals surface area contributed by atoms with E-state index >= 15 is 0 Å². The molecule has 0 radical (unpaired) electrons. The average Bonchev–Trinajstić information content (AvgIpc) is 2.03. The molecule has 1 N–H and O–H groups in total. The molecule has 11 heavy (non-hydrogen) atoms. The van der Waals surface area contributed by atoms with Crippen molar-refractivity contribution in [1.29, 1.82) is 0 Å². The SMILES string of the molecule is CCCOCC(CO)OCC. The lowest BCUT2D eigenvalue weighted by Gasteiger charge is -2.13. The largest absolute Gasteiger partial charge is 0.394 e. The monoisotopic (exact) mass is 162 g/mol. The molecule has 0 aromatic carbocycles. The summed E-state index contributed by atoms with van der Waals surface area (Å²) < 4.78 is 10.4. The van der Waals surface area contributed by atoms with E-state index < -0.39 is 0 Å². The van der Waals surface area contributed by atoms with E-state index in [9.17, 15) is 0 Å². The van der Waals surface area contributed by atoms with Crippen molar-refractivity contribution in [2.75, 3.05) is 26.4 Å². The van der Waals surface area contributed by atoms with Crippen LogP contribution < -0.4 is 0 Å². The number of aliphatic hydroxyl groups excluding tert-OH is 1. The number of hydrogen-bond donors (Lipinski definition) is 1. The first-order valence-corrected chi connectivity index (χ1v) is 4.15. The third-order valence-corrected chi connectivity index (χ3v) is 1.26. The maximum absolute atomic E-state index is 8.75. The van der Waals surface area contributed by atoms with Crippen molar-refractivity contribution < 1.29 is 14.6 Å². The van der Waals surface area contributed by atoms with Crippen LogP contribution in [0.3, 0.4) is 0 Å². The Morgan fingerprint density at radius 3 is 2.55 bits per heavy atom. The molecule has 0 heterocycles. The average molecular weight is 162 g/mol. The molecule has 0 bridgehead atoms. The lowest BCUT2D eigenvalue weighted by atomic mass is 10.4. The highest BCUT2D eigenvalue weighted by Gasteiger charge is 2.05. The molecule has 0 saturated heterocycles. The zero-order valence-corrected chi connectivity index (χ0v) is 7.38. The zero-order valence-electron chi connectivity index (χ0n) is 7.38. The van der Waals surface area contributed by atoms with Gasteiger partial charge in [0.1, 0.15) is 6.10 Å². The third kappa shape index (κ3) is 6.28. The van der Waals surface area contributed by atoms with Crippen LogP contribution in [0.25, 0.3) is 0 Å². The van der Waals surface area contributed by atoms with Gasteiger partial charge in [0.25, 0.3) is 0 Å². The van der Waals surface area contributed by atoms with Gasteiger partial charge < -0.3 is 14.6 Å². The predicted molar refractivity (Wildman–Crippen MR) is 43.6 cm³/mol. The molecule has 0 aromatic heterocycles. The van der Waals surface area contributed by atoms with E-state index in [0.29, 0.717) is 13.2 Å². The van der Waals surface area contributed by atoms with Crippen LogP contribution in [-0.4, -0.2) is 37.6 Å². The van der Waals surface area contributed by atoms with Gasteiger partial charge in [-0.1, -0.05) is 6.92 Å². The molecule has 1 atom stereocenters. The van der Waals surface area contributed by atoms with Crippen molar-refractivity contribution in [3.8, 4) is 0 Å². The Balaban J connectivity index is 3.20. The smallest absolute Gasteiger partial charge is 0.104 e. The van der Waals surface area contributed by atoms with Crippen molar-refractivity contribution in [2.45, 2.75) is 26.4 Å². The standard InChI is InChI=1S/C8H18O3/c1-3-5-10-7-8(6-9)11-4-2/h8-9H,3-7H2,1-2H3. The Hall–Kier alpha value is -0.120. The molecular formula is C8H18O3. The summed E-state index contributed by atoms with van der Waals surface area (Å²) in [5.41, 5.74) is 0. The first-order chi connectivity index (χ1) is 5.35. The molecule has 0 aliphatic carbocycles. The minimum atomic E-state index is -0.147. The van der Waals surface area contributed by atoms with Gasteiger partial charge in [0.2, 0.25) is 0 Å². The van der Waals surface area contributed by atoms with Crippen LogP contribution in [0.5, 0.6) is 0 Å². The van der Waals surface area contributed by atoms with Crippen LogP contribution >= 0.6 is 0 Å². The van der Waals surface area contributed by atoms with Gasteiger partial charge in [-0.05, 0) is 13.3 Å². The molecule has 0 aliphatic heterocycles. The summed E-state index contributed by atoms with van der Waals surface area (Å²) in [5, 5.41) is 8.75. The molecule has 0 aromatic rings. The Bertz CT molecular complexity index is 75.7. The molecular weight excluding hydrogens is 144 g/mol. The summed E-state index contributed by atoms with van der Waals surface area (Å²) in [6.45, 7) is 5.86. The topological polar surface area (TPSA) is 38.7 Å². The zero-order chi connectivity index (χ0) is 8.53. The Labute approximate surface area is 68.3 Å². The van der Waals surface area contributed by atoms with Crippen molar-refractivity contribution in [3.63, 3.8) is 0 Å². The quantitative estimate of drug-likeness (QED) is 0.563. The molecule has 0 rings (SSSR count). The fourth-order valence-corrected chi connectivity index (χ4v) is 0.748. The fourth-order valence-electron chi connectivity index (χ4n) is 0.748. The normalized spacial score (nSPS) is 13.4. The van der Waals surface area contributed by atoms with Crippen LogP contribution in [0, 0.1) is 0 Å².